The van der Waals surface area contributed by atoms with E-state index in [0.717, 1.165) is 5.56 Å². The molecule has 0 bridgehead atoms. The number of rotatable bonds is 4. The van der Waals surface area contributed by atoms with Crippen LogP contribution in [0.4, 0.5) is 11.4 Å². The van der Waals surface area contributed by atoms with E-state index in [1.165, 1.54) is 12.1 Å². The Bertz CT molecular complexity index is 805. The Kier molecular flexibility index (Phi) is 6.16. The van der Waals surface area contributed by atoms with Crippen molar-refractivity contribution in [3.8, 4) is 0 Å². The highest BCUT2D eigenvalue weighted by atomic mass is 35.5. The molecule has 2 aromatic rings. The molecule has 4 N–H and O–H groups in total. The Labute approximate surface area is 162 Å². The van der Waals surface area contributed by atoms with Crippen LogP contribution in [0.3, 0.4) is 0 Å². The van der Waals surface area contributed by atoms with Crippen LogP contribution in [-0.2, 0) is 10.2 Å². The summed E-state index contributed by atoms with van der Waals surface area (Å²) in [6, 6.07) is 10.3. The van der Waals surface area contributed by atoms with Crippen LogP contribution in [0, 0.1) is 0 Å². The largest absolute Gasteiger partial charge is 0.396 e. The molecule has 138 valence electrons. The summed E-state index contributed by atoms with van der Waals surface area (Å²) in [6.07, 6.45) is 0. The van der Waals surface area contributed by atoms with Crippen molar-refractivity contribution in [1.29, 1.82) is 0 Å². The van der Waals surface area contributed by atoms with Gasteiger partial charge in [0.1, 0.15) is 0 Å². The second kappa shape index (κ2) is 7.98. The first-order chi connectivity index (χ1) is 12.1. The normalized spacial score (nSPS) is 11.1. The molecule has 5 nitrogen and oxygen atoms in total. The van der Waals surface area contributed by atoms with Crippen LogP contribution in [0.1, 0.15) is 36.7 Å². The number of nitrogens with two attached hydrogens (primary N) is 1. The molecular formula is C19H21Cl2N3O2. The molecule has 0 atom stereocenters. The first-order valence-electron chi connectivity index (χ1n) is 8.01. The summed E-state index contributed by atoms with van der Waals surface area (Å²) in [6.45, 7) is 6.12. The van der Waals surface area contributed by atoms with E-state index in [-0.39, 0.29) is 33.6 Å². The molecule has 0 fully saturated rings. The second-order valence-corrected chi connectivity index (χ2v) is 7.73. The Balaban J connectivity index is 1.94. The molecule has 0 saturated heterocycles. The lowest BCUT2D eigenvalue weighted by Crippen LogP contribution is -2.32. The maximum absolute atomic E-state index is 12.2. The highest BCUT2D eigenvalue weighted by molar-refractivity contribution is 6.39. The third kappa shape index (κ3) is 5.13. The summed E-state index contributed by atoms with van der Waals surface area (Å²) in [4.78, 5) is 24.2. The van der Waals surface area contributed by atoms with Crippen LogP contribution in [-0.4, -0.2) is 18.4 Å². The molecule has 26 heavy (non-hydrogen) atoms. The Morgan fingerprint density at radius 1 is 1.04 bits per heavy atom. The van der Waals surface area contributed by atoms with Gasteiger partial charge in [-0.05, 0) is 35.2 Å². The molecule has 0 radical (unpaired) electrons. The topological polar surface area (TPSA) is 84.2 Å². The minimum absolute atomic E-state index is 0.0104. The lowest BCUT2D eigenvalue weighted by molar-refractivity contribution is -0.115. The smallest absolute Gasteiger partial charge is 0.251 e. The van der Waals surface area contributed by atoms with Crippen molar-refractivity contribution in [1.82, 2.24) is 5.32 Å². The van der Waals surface area contributed by atoms with Gasteiger partial charge in [-0.3, -0.25) is 9.59 Å². The molecule has 0 heterocycles. The zero-order valence-corrected chi connectivity index (χ0v) is 16.3. The van der Waals surface area contributed by atoms with Crippen LogP contribution in [0.5, 0.6) is 0 Å². The summed E-state index contributed by atoms with van der Waals surface area (Å²) in [5.41, 5.74) is 7.93. The van der Waals surface area contributed by atoms with Gasteiger partial charge in [-0.2, -0.15) is 0 Å². The minimum Gasteiger partial charge on any atom is -0.396 e. The zero-order chi connectivity index (χ0) is 19.5. The summed E-state index contributed by atoms with van der Waals surface area (Å²) in [5.74, 6) is -0.726. The van der Waals surface area contributed by atoms with Gasteiger partial charge in [0.2, 0.25) is 5.91 Å². The minimum atomic E-state index is -0.401. The van der Waals surface area contributed by atoms with Gasteiger partial charge in [-0.25, -0.2) is 0 Å². The molecule has 0 aliphatic heterocycles. The monoisotopic (exact) mass is 393 g/mol. The number of nitrogens with one attached hydrogen (secondary N) is 2. The van der Waals surface area contributed by atoms with Crippen LogP contribution < -0.4 is 16.4 Å². The average Bonchev–Trinajstić information content (AvgIpc) is 2.57. The standard InChI is InChI=1S/C19H21Cl2N3O2/c1-19(2,3)12-6-4-11(5-7-12)18(26)23-10-16(25)24-13-8-14(20)17(22)15(21)9-13/h4-9H,10,22H2,1-3H3,(H,23,26)(H,24,25). The Morgan fingerprint density at radius 2 is 1.58 bits per heavy atom. The third-order valence-corrected chi connectivity index (χ3v) is 4.41. The fourth-order valence-corrected chi connectivity index (χ4v) is 2.73. The van der Waals surface area contributed by atoms with Crippen LogP contribution in [0.15, 0.2) is 36.4 Å². The van der Waals surface area contributed by atoms with Gasteiger partial charge in [-0.1, -0.05) is 56.1 Å². The number of amides is 2. The molecule has 2 aromatic carbocycles. The van der Waals surface area contributed by atoms with Crippen molar-refractivity contribution in [3.63, 3.8) is 0 Å². The lowest BCUT2D eigenvalue weighted by atomic mass is 9.87. The van der Waals surface area contributed by atoms with E-state index < -0.39 is 5.91 Å². The predicted molar refractivity (Wildman–Crippen MR) is 107 cm³/mol. The van der Waals surface area contributed by atoms with E-state index in [1.54, 1.807) is 12.1 Å². The number of carbonyl (C=O) groups excluding carboxylic acids is 2. The van der Waals surface area contributed by atoms with E-state index >= 15 is 0 Å². The van der Waals surface area contributed by atoms with E-state index in [9.17, 15) is 9.59 Å². The van der Waals surface area contributed by atoms with Crippen molar-refractivity contribution >= 4 is 46.4 Å². The lowest BCUT2D eigenvalue weighted by Gasteiger charge is -2.19. The molecule has 2 amide bonds. The van der Waals surface area contributed by atoms with Crippen molar-refractivity contribution < 1.29 is 9.59 Å². The molecule has 7 heteroatoms. The molecule has 0 aliphatic carbocycles. The highest BCUT2D eigenvalue weighted by Crippen LogP contribution is 2.31. The Morgan fingerprint density at radius 3 is 2.08 bits per heavy atom. The number of hydrogen-bond donors (Lipinski definition) is 3. The molecule has 0 spiro atoms. The van der Waals surface area contributed by atoms with Gasteiger partial charge in [0.05, 0.1) is 22.3 Å². The number of benzene rings is 2. The fraction of sp³-hybridized carbons (Fsp3) is 0.263. The third-order valence-electron chi connectivity index (χ3n) is 3.79. The van der Waals surface area contributed by atoms with Gasteiger partial charge >= 0.3 is 0 Å². The van der Waals surface area contributed by atoms with Crippen LogP contribution >= 0.6 is 23.2 Å². The first kappa shape index (κ1) is 20.1. The number of carbonyl (C=O) groups is 2. The zero-order valence-electron chi connectivity index (χ0n) is 14.8. The molecular weight excluding hydrogens is 373 g/mol. The number of nitrogen functional groups attached to an aromatic ring is 1. The van der Waals surface area contributed by atoms with Crippen molar-refractivity contribution in [2.24, 2.45) is 0 Å². The van der Waals surface area contributed by atoms with Gasteiger partial charge in [-0.15, -0.1) is 0 Å². The van der Waals surface area contributed by atoms with Crippen molar-refractivity contribution in [2.75, 3.05) is 17.6 Å². The van der Waals surface area contributed by atoms with Crippen LogP contribution in [0.25, 0.3) is 0 Å². The number of hydrogen-bond acceptors (Lipinski definition) is 3. The van der Waals surface area contributed by atoms with Crippen molar-refractivity contribution in [3.05, 3.63) is 57.6 Å². The molecule has 2 rings (SSSR count). The van der Waals surface area contributed by atoms with Crippen molar-refractivity contribution in [2.45, 2.75) is 26.2 Å². The second-order valence-electron chi connectivity index (χ2n) is 6.91. The average molecular weight is 394 g/mol. The van der Waals surface area contributed by atoms with Gasteiger partial charge in [0.25, 0.3) is 5.91 Å². The maximum atomic E-state index is 12.2. The van der Waals surface area contributed by atoms with Gasteiger partial charge < -0.3 is 16.4 Å². The highest BCUT2D eigenvalue weighted by Gasteiger charge is 2.15. The number of anilines is 2. The van der Waals surface area contributed by atoms with Crippen LogP contribution in [0.2, 0.25) is 10.0 Å². The van der Waals surface area contributed by atoms with E-state index in [2.05, 4.69) is 31.4 Å². The number of halogens is 2. The van der Waals surface area contributed by atoms with E-state index in [0.29, 0.717) is 11.3 Å². The summed E-state index contributed by atoms with van der Waals surface area (Å²) in [7, 11) is 0. The fourth-order valence-electron chi connectivity index (χ4n) is 2.25. The molecule has 0 aliphatic rings. The quantitative estimate of drug-likeness (QED) is 0.678. The maximum Gasteiger partial charge on any atom is 0.251 e. The summed E-state index contributed by atoms with van der Waals surface area (Å²) >= 11 is 11.8. The molecule has 0 saturated carbocycles. The molecule has 0 aromatic heterocycles. The summed E-state index contributed by atoms with van der Waals surface area (Å²) < 4.78 is 0. The van der Waals surface area contributed by atoms with E-state index in [4.69, 9.17) is 28.9 Å². The SMILES string of the molecule is CC(C)(C)c1ccc(C(=O)NCC(=O)Nc2cc(Cl)c(N)c(Cl)c2)cc1. The van der Waals surface area contributed by atoms with Gasteiger partial charge in [0, 0.05) is 11.3 Å². The predicted octanol–water partition coefficient (Wildman–Crippen LogP) is 4.24. The molecule has 0 unspecified atom stereocenters. The van der Waals surface area contributed by atoms with Gasteiger partial charge in [0.15, 0.2) is 0 Å². The summed E-state index contributed by atoms with van der Waals surface area (Å²) in [5, 5.41) is 5.68. The first-order valence-corrected chi connectivity index (χ1v) is 8.76. The van der Waals surface area contributed by atoms with E-state index in [1.807, 2.05) is 12.1 Å². The Hall–Kier alpha value is -2.24.